The zero-order chi connectivity index (χ0) is 14.8. The highest BCUT2D eigenvalue weighted by atomic mass is 16.5. The first-order chi connectivity index (χ1) is 10.2. The third-order valence-corrected chi connectivity index (χ3v) is 3.38. The van der Waals surface area contributed by atoms with Gasteiger partial charge in [-0.2, -0.15) is 5.10 Å². The molecule has 106 valence electrons. The molecule has 0 spiro atoms. The Morgan fingerprint density at radius 3 is 2.71 bits per heavy atom. The fraction of sp³-hybridized carbons (Fsp3) is 0.125. The van der Waals surface area contributed by atoms with Gasteiger partial charge in [0.15, 0.2) is 0 Å². The van der Waals surface area contributed by atoms with Gasteiger partial charge < -0.3 is 0 Å². The lowest BCUT2D eigenvalue weighted by molar-refractivity contribution is 0.0706. The van der Waals surface area contributed by atoms with E-state index in [2.05, 4.69) is 36.3 Å². The van der Waals surface area contributed by atoms with Crippen LogP contribution >= 0.6 is 0 Å². The van der Waals surface area contributed by atoms with Gasteiger partial charge in [0, 0.05) is 17.1 Å². The van der Waals surface area contributed by atoms with Crippen LogP contribution < -0.4 is 5.48 Å². The van der Waals surface area contributed by atoms with Crippen molar-refractivity contribution >= 4 is 16.8 Å². The summed E-state index contributed by atoms with van der Waals surface area (Å²) in [5.74, 6) is -0.537. The Morgan fingerprint density at radius 1 is 1.24 bits per heavy atom. The molecule has 0 aliphatic rings. The van der Waals surface area contributed by atoms with Crippen molar-refractivity contribution in [3.63, 3.8) is 0 Å². The van der Waals surface area contributed by atoms with Gasteiger partial charge in [-0.3, -0.25) is 14.7 Å². The van der Waals surface area contributed by atoms with Crippen LogP contribution in [0.15, 0.2) is 48.7 Å². The topological polar surface area (TPSA) is 67.2 Å². The number of aromatic nitrogens is 2. The second-order valence-corrected chi connectivity index (χ2v) is 5.03. The molecule has 0 saturated heterocycles. The van der Waals surface area contributed by atoms with Gasteiger partial charge in [-0.05, 0) is 24.6 Å². The van der Waals surface area contributed by atoms with Crippen LogP contribution in [0, 0.1) is 6.92 Å². The summed E-state index contributed by atoms with van der Waals surface area (Å²) in [6.45, 7) is 2.73. The molecule has 1 amide bonds. The highest BCUT2D eigenvalue weighted by molar-refractivity contribution is 5.97. The van der Waals surface area contributed by atoms with Crippen LogP contribution in [0.1, 0.15) is 21.5 Å². The maximum absolute atomic E-state index is 11.4. The third-order valence-electron chi connectivity index (χ3n) is 3.38. The number of hydroxylamine groups is 1. The zero-order valence-electron chi connectivity index (χ0n) is 11.6. The number of nitrogens with one attached hydrogen (secondary N) is 1. The SMILES string of the molecule is Cc1ccc(Cn2cc3ccc(C(=O)NO)cc3n2)cc1. The summed E-state index contributed by atoms with van der Waals surface area (Å²) in [5, 5.41) is 14.1. The number of nitrogens with zero attached hydrogens (tertiary/aromatic N) is 2. The van der Waals surface area contributed by atoms with Crippen molar-refractivity contribution in [2.24, 2.45) is 0 Å². The Balaban J connectivity index is 1.90. The molecule has 3 rings (SSSR count). The maximum atomic E-state index is 11.4. The number of fused-ring (bicyclic) bond motifs is 1. The lowest BCUT2D eigenvalue weighted by atomic mass is 10.1. The molecular weight excluding hydrogens is 266 g/mol. The summed E-state index contributed by atoms with van der Waals surface area (Å²) in [5.41, 5.74) is 5.12. The average molecular weight is 281 g/mol. The zero-order valence-corrected chi connectivity index (χ0v) is 11.6. The van der Waals surface area contributed by atoms with E-state index in [0.29, 0.717) is 12.1 Å². The van der Waals surface area contributed by atoms with E-state index in [1.165, 1.54) is 11.1 Å². The third kappa shape index (κ3) is 2.78. The summed E-state index contributed by atoms with van der Waals surface area (Å²) < 4.78 is 1.84. The van der Waals surface area contributed by atoms with E-state index in [-0.39, 0.29) is 0 Å². The van der Waals surface area contributed by atoms with Crippen molar-refractivity contribution in [3.8, 4) is 0 Å². The second-order valence-electron chi connectivity index (χ2n) is 5.03. The number of rotatable bonds is 3. The number of hydrogen-bond donors (Lipinski definition) is 2. The fourth-order valence-corrected chi connectivity index (χ4v) is 2.23. The predicted molar refractivity (Wildman–Crippen MR) is 79.3 cm³/mol. The molecule has 0 aliphatic heterocycles. The van der Waals surface area contributed by atoms with Crippen molar-refractivity contribution in [2.45, 2.75) is 13.5 Å². The smallest absolute Gasteiger partial charge is 0.274 e. The summed E-state index contributed by atoms with van der Waals surface area (Å²) in [6.07, 6.45) is 1.94. The number of carbonyl (C=O) groups excluding carboxylic acids is 1. The van der Waals surface area contributed by atoms with E-state index in [1.54, 1.807) is 17.6 Å². The molecule has 2 N–H and O–H groups in total. The highest BCUT2D eigenvalue weighted by Crippen LogP contribution is 2.15. The minimum Gasteiger partial charge on any atom is -0.288 e. The lowest BCUT2D eigenvalue weighted by Crippen LogP contribution is -2.18. The first-order valence-corrected chi connectivity index (χ1v) is 6.63. The Bertz CT molecular complexity index is 791. The summed E-state index contributed by atoms with van der Waals surface area (Å²) in [6, 6.07) is 13.4. The van der Waals surface area contributed by atoms with Crippen LogP contribution in [-0.4, -0.2) is 20.9 Å². The molecule has 1 aromatic heterocycles. The molecule has 2 aromatic carbocycles. The van der Waals surface area contributed by atoms with E-state index >= 15 is 0 Å². The molecule has 5 heteroatoms. The molecule has 0 bridgehead atoms. The van der Waals surface area contributed by atoms with Crippen LogP contribution in [-0.2, 0) is 6.54 Å². The monoisotopic (exact) mass is 281 g/mol. The van der Waals surface area contributed by atoms with Gasteiger partial charge in [-0.25, -0.2) is 5.48 Å². The molecular formula is C16H15N3O2. The van der Waals surface area contributed by atoms with Crippen LogP contribution in [0.25, 0.3) is 10.9 Å². The standard InChI is InChI=1S/C16H15N3O2/c1-11-2-4-12(5-3-11)9-19-10-14-7-6-13(16(20)18-21)8-15(14)17-19/h2-8,10,21H,9H2,1H3,(H,18,20). The number of amides is 1. The van der Waals surface area contributed by atoms with E-state index in [4.69, 9.17) is 5.21 Å². The van der Waals surface area contributed by atoms with Crippen molar-refractivity contribution in [3.05, 3.63) is 65.4 Å². The van der Waals surface area contributed by atoms with Crippen molar-refractivity contribution in [2.75, 3.05) is 0 Å². The number of carbonyl (C=O) groups is 1. The molecule has 0 radical (unpaired) electrons. The van der Waals surface area contributed by atoms with Gasteiger partial charge in [-0.15, -0.1) is 0 Å². The average Bonchev–Trinajstić information content (AvgIpc) is 2.90. The minimum atomic E-state index is -0.537. The van der Waals surface area contributed by atoms with E-state index in [9.17, 15) is 4.79 Å². The van der Waals surface area contributed by atoms with Crippen molar-refractivity contribution in [1.82, 2.24) is 15.3 Å². The van der Waals surface area contributed by atoms with Gasteiger partial charge in [0.2, 0.25) is 0 Å². The second kappa shape index (κ2) is 5.38. The summed E-state index contributed by atoms with van der Waals surface area (Å²) in [4.78, 5) is 11.4. The van der Waals surface area contributed by atoms with E-state index in [0.717, 1.165) is 10.9 Å². The molecule has 0 fully saturated rings. The van der Waals surface area contributed by atoms with Crippen LogP contribution in [0.5, 0.6) is 0 Å². The molecule has 0 saturated carbocycles. The molecule has 3 aromatic rings. The molecule has 0 aliphatic carbocycles. The van der Waals surface area contributed by atoms with Gasteiger partial charge in [-0.1, -0.05) is 35.9 Å². The van der Waals surface area contributed by atoms with Crippen LogP contribution in [0.4, 0.5) is 0 Å². The Morgan fingerprint density at radius 2 is 2.00 bits per heavy atom. The first-order valence-electron chi connectivity index (χ1n) is 6.63. The minimum absolute atomic E-state index is 0.380. The van der Waals surface area contributed by atoms with E-state index in [1.807, 2.05) is 16.9 Å². The molecule has 0 atom stereocenters. The molecule has 1 heterocycles. The predicted octanol–water partition coefficient (Wildman–Crippen LogP) is 2.51. The van der Waals surface area contributed by atoms with Gasteiger partial charge in [0.25, 0.3) is 5.91 Å². The quantitative estimate of drug-likeness (QED) is 0.572. The van der Waals surface area contributed by atoms with Gasteiger partial charge >= 0.3 is 0 Å². The van der Waals surface area contributed by atoms with Crippen LogP contribution in [0.2, 0.25) is 0 Å². The van der Waals surface area contributed by atoms with Gasteiger partial charge in [0.05, 0.1) is 12.1 Å². The highest BCUT2D eigenvalue weighted by Gasteiger charge is 2.07. The van der Waals surface area contributed by atoms with Crippen molar-refractivity contribution < 1.29 is 10.0 Å². The summed E-state index contributed by atoms with van der Waals surface area (Å²) in [7, 11) is 0. The number of hydrogen-bond acceptors (Lipinski definition) is 3. The first kappa shape index (κ1) is 13.3. The Labute approximate surface area is 121 Å². The Hall–Kier alpha value is -2.66. The van der Waals surface area contributed by atoms with Crippen LogP contribution in [0.3, 0.4) is 0 Å². The van der Waals surface area contributed by atoms with Gasteiger partial charge in [0.1, 0.15) is 0 Å². The maximum Gasteiger partial charge on any atom is 0.274 e. The largest absolute Gasteiger partial charge is 0.288 e. The number of aryl methyl sites for hydroxylation is 1. The summed E-state index contributed by atoms with van der Waals surface area (Å²) >= 11 is 0. The molecule has 21 heavy (non-hydrogen) atoms. The van der Waals surface area contributed by atoms with Crippen molar-refractivity contribution in [1.29, 1.82) is 0 Å². The Kier molecular flexibility index (Phi) is 3.41. The van der Waals surface area contributed by atoms with E-state index < -0.39 is 5.91 Å². The lowest BCUT2D eigenvalue weighted by Gasteiger charge is -2.01. The normalized spacial score (nSPS) is 10.8. The molecule has 0 unspecified atom stereocenters. The number of benzene rings is 2. The fourth-order valence-electron chi connectivity index (χ4n) is 2.23. The molecule has 5 nitrogen and oxygen atoms in total.